The first-order valence-corrected chi connectivity index (χ1v) is 9.71. The number of nitrogen functional groups attached to an aromatic ring is 1. The average Bonchev–Trinajstić information content (AvgIpc) is 2.73. The van der Waals surface area contributed by atoms with E-state index in [0.717, 1.165) is 41.3 Å². The summed E-state index contributed by atoms with van der Waals surface area (Å²) in [6.07, 6.45) is 0.853. The van der Waals surface area contributed by atoms with E-state index in [1.807, 2.05) is 56.4 Å². The van der Waals surface area contributed by atoms with Crippen LogP contribution in [0.4, 0.5) is 17.6 Å². The van der Waals surface area contributed by atoms with E-state index in [1.165, 1.54) is 0 Å². The fourth-order valence-corrected chi connectivity index (χ4v) is 3.07. The van der Waals surface area contributed by atoms with Crippen LogP contribution in [-0.4, -0.2) is 47.7 Å². The fourth-order valence-electron chi connectivity index (χ4n) is 3.07. The molecular weight excluding hydrogens is 380 g/mol. The van der Waals surface area contributed by atoms with Gasteiger partial charge in [-0.05, 0) is 49.7 Å². The van der Waals surface area contributed by atoms with Crippen molar-refractivity contribution in [3.63, 3.8) is 0 Å². The number of rotatable bonds is 9. The lowest BCUT2D eigenvalue weighted by Crippen LogP contribution is -2.23. The predicted molar refractivity (Wildman–Crippen MR) is 118 cm³/mol. The summed E-state index contributed by atoms with van der Waals surface area (Å²) in [6, 6.07) is 13.9. The highest BCUT2D eigenvalue weighted by Crippen LogP contribution is 2.27. The minimum atomic E-state index is 0.198. The van der Waals surface area contributed by atoms with E-state index < -0.39 is 0 Å². The lowest BCUT2D eigenvalue weighted by atomic mass is 10.1. The van der Waals surface area contributed by atoms with Crippen molar-refractivity contribution in [1.29, 1.82) is 0 Å². The van der Waals surface area contributed by atoms with Gasteiger partial charge >= 0.3 is 0 Å². The molecule has 8 heteroatoms. The Hall–Kier alpha value is -3.39. The Kier molecular flexibility index (Phi) is 7.03. The van der Waals surface area contributed by atoms with E-state index in [-0.39, 0.29) is 5.95 Å². The molecule has 0 unspecified atom stereocenters. The molecule has 30 heavy (non-hydrogen) atoms. The van der Waals surface area contributed by atoms with Gasteiger partial charge in [-0.2, -0.15) is 15.0 Å². The first-order chi connectivity index (χ1) is 14.5. The van der Waals surface area contributed by atoms with Crippen LogP contribution in [0.3, 0.4) is 0 Å². The zero-order valence-electron chi connectivity index (χ0n) is 17.8. The number of nitrogens with two attached hydrogens (primary N) is 1. The lowest BCUT2D eigenvalue weighted by Gasteiger charge is -2.17. The van der Waals surface area contributed by atoms with Gasteiger partial charge in [0.25, 0.3) is 0 Å². The van der Waals surface area contributed by atoms with Gasteiger partial charge in [-0.1, -0.05) is 24.3 Å². The largest absolute Gasteiger partial charge is 0.493 e. The van der Waals surface area contributed by atoms with Crippen molar-refractivity contribution in [1.82, 2.24) is 19.9 Å². The van der Waals surface area contributed by atoms with Crippen LogP contribution in [0.1, 0.15) is 17.0 Å². The first-order valence-electron chi connectivity index (χ1n) is 9.71. The molecule has 0 atom stereocenters. The fraction of sp³-hybridized carbons (Fsp3) is 0.318. The molecule has 0 spiro atoms. The number of hydrogen-bond acceptors (Lipinski definition) is 8. The van der Waals surface area contributed by atoms with Crippen LogP contribution in [0.15, 0.2) is 42.5 Å². The predicted octanol–water partition coefficient (Wildman–Crippen LogP) is 3.20. The summed E-state index contributed by atoms with van der Waals surface area (Å²) >= 11 is 0. The third-order valence-corrected chi connectivity index (χ3v) is 4.73. The molecule has 0 radical (unpaired) electrons. The summed E-state index contributed by atoms with van der Waals surface area (Å²) in [5, 5.41) is 3.22. The van der Waals surface area contributed by atoms with Crippen molar-refractivity contribution in [2.75, 3.05) is 38.9 Å². The molecule has 0 amide bonds. The summed E-state index contributed by atoms with van der Waals surface area (Å²) in [5.41, 5.74) is 9.11. The molecule has 0 aliphatic rings. The number of nitrogens with one attached hydrogen (secondary N) is 1. The molecule has 0 aliphatic heterocycles. The Bertz CT molecular complexity index is 995. The van der Waals surface area contributed by atoms with Crippen molar-refractivity contribution < 1.29 is 9.47 Å². The average molecular weight is 409 g/mol. The summed E-state index contributed by atoms with van der Waals surface area (Å²) in [6.45, 7) is 3.40. The molecule has 1 aromatic heterocycles. The number of aryl methyl sites for hydroxylation is 1. The topological polar surface area (TPSA) is 98.4 Å². The maximum absolute atomic E-state index is 5.90. The normalized spacial score (nSPS) is 10.8. The molecular formula is C22H28N6O2. The van der Waals surface area contributed by atoms with Crippen LogP contribution in [0, 0.1) is 6.92 Å². The summed E-state index contributed by atoms with van der Waals surface area (Å²) < 4.78 is 10.7. The van der Waals surface area contributed by atoms with Gasteiger partial charge in [0.05, 0.1) is 20.8 Å². The maximum Gasteiger partial charge on any atom is 0.232 e. The number of hydrogen-bond donors (Lipinski definition) is 2. The Morgan fingerprint density at radius 1 is 1.00 bits per heavy atom. The second kappa shape index (κ2) is 9.89. The zero-order chi connectivity index (χ0) is 21.5. The molecule has 3 rings (SSSR count). The second-order valence-electron chi connectivity index (χ2n) is 7.05. The van der Waals surface area contributed by atoms with E-state index in [0.29, 0.717) is 18.3 Å². The van der Waals surface area contributed by atoms with Crippen molar-refractivity contribution in [3.05, 3.63) is 59.4 Å². The second-order valence-corrected chi connectivity index (χ2v) is 7.05. The van der Waals surface area contributed by atoms with Crippen molar-refractivity contribution in [2.45, 2.75) is 19.9 Å². The van der Waals surface area contributed by atoms with Crippen LogP contribution in [0.5, 0.6) is 11.5 Å². The van der Waals surface area contributed by atoms with Gasteiger partial charge in [0, 0.05) is 12.2 Å². The molecule has 8 nitrogen and oxygen atoms in total. The van der Waals surface area contributed by atoms with Gasteiger partial charge in [-0.15, -0.1) is 0 Å². The lowest BCUT2D eigenvalue weighted by molar-refractivity contribution is 0.321. The quantitative estimate of drug-likeness (QED) is 0.557. The Morgan fingerprint density at radius 2 is 1.77 bits per heavy atom. The number of benzene rings is 2. The number of methoxy groups -OCH3 is 2. The molecule has 2 aromatic carbocycles. The van der Waals surface area contributed by atoms with Gasteiger partial charge in [-0.3, -0.25) is 4.90 Å². The van der Waals surface area contributed by atoms with E-state index in [1.54, 1.807) is 14.2 Å². The monoisotopic (exact) mass is 408 g/mol. The molecule has 0 fully saturated rings. The molecule has 0 aliphatic carbocycles. The number of aromatic nitrogens is 3. The van der Waals surface area contributed by atoms with Crippen LogP contribution in [0.25, 0.3) is 0 Å². The highest BCUT2D eigenvalue weighted by atomic mass is 16.5. The number of anilines is 3. The van der Waals surface area contributed by atoms with Crippen LogP contribution >= 0.6 is 0 Å². The third-order valence-electron chi connectivity index (χ3n) is 4.73. The Labute approximate surface area is 177 Å². The smallest absolute Gasteiger partial charge is 0.232 e. The Morgan fingerprint density at radius 3 is 2.50 bits per heavy atom. The number of likely N-dealkylation sites (N-methyl/N-ethyl adjacent to an activating group) is 1. The molecule has 158 valence electrons. The summed E-state index contributed by atoms with van der Waals surface area (Å²) in [4.78, 5) is 15.2. The van der Waals surface area contributed by atoms with Crippen LogP contribution < -0.4 is 20.5 Å². The molecule has 3 N–H and O–H groups in total. The molecule has 0 saturated carbocycles. The van der Waals surface area contributed by atoms with Crippen molar-refractivity contribution in [2.24, 2.45) is 0 Å². The van der Waals surface area contributed by atoms with Crippen LogP contribution in [-0.2, 0) is 13.0 Å². The summed E-state index contributed by atoms with van der Waals surface area (Å²) in [5.74, 6) is 2.72. The van der Waals surface area contributed by atoms with Crippen molar-refractivity contribution >= 4 is 17.6 Å². The van der Waals surface area contributed by atoms with Gasteiger partial charge in [0.1, 0.15) is 5.82 Å². The van der Waals surface area contributed by atoms with E-state index in [2.05, 4.69) is 25.2 Å². The van der Waals surface area contributed by atoms with E-state index >= 15 is 0 Å². The van der Waals surface area contributed by atoms with Gasteiger partial charge in [0.2, 0.25) is 11.9 Å². The molecule has 1 heterocycles. The van der Waals surface area contributed by atoms with Gasteiger partial charge in [0.15, 0.2) is 11.5 Å². The minimum Gasteiger partial charge on any atom is -0.493 e. The number of para-hydroxylation sites is 1. The van der Waals surface area contributed by atoms with Gasteiger partial charge < -0.3 is 20.5 Å². The third kappa shape index (κ3) is 5.57. The van der Waals surface area contributed by atoms with Crippen molar-refractivity contribution in [3.8, 4) is 11.5 Å². The maximum atomic E-state index is 5.90. The first kappa shape index (κ1) is 21.3. The van der Waals surface area contributed by atoms with E-state index in [4.69, 9.17) is 15.2 Å². The molecule has 0 bridgehead atoms. The zero-order valence-corrected chi connectivity index (χ0v) is 17.8. The highest BCUT2D eigenvalue weighted by molar-refractivity contribution is 5.58. The molecule has 0 saturated heterocycles. The Balaban J connectivity index is 1.63. The number of ether oxygens (including phenoxy) is 2. The van der Waals surface area contributed by atoms with Gasteiger partial charge in [-0.25, -0.2) is 0 Å². The standard InChI is InChI=1S/C22H28N6O2/c1-15-7-5-6-8-17(15)24-22-26-20(25-21(23)27-22)14-28(2)12-11-16-9-10-18(29-3)19(13-16)30-4/h5-10,13H,11-12,14H2,1-4H3,(H3,23,24,25,26,27). The number of nitrogens with zero attached hydrogens (tertiary/aromatic N) is 4. The molecule has 3 aromatic rings. The van der Waals surface area contributed by atoms with E-state index in [9.17, 15) is 0 Å². The summed E-state index contributed by atoms with van der Waals surface area (Å²) in [7, 11) is 5.30. The SMILES string of the molecule is COc1ccc(CCN(C)Cc2nc(N)nc(Nc3ccccc3C)n2)cc1OC. The minimum absolute atomic E-state index is 0.198. The van der Waals surface area contributed by atoms with Crippen LogP contribution in [0.2, 0.25) is 0 Å². The highest BCUT2D eigenvalue weighted by Gasteiger charge is 2.10.